The molecule has 0 bridgehead atoms. The maximum Gasteiger partial charge on any atom is 0.122 e. The SMILES string of the molecule is COc1cc(OC)cc(C2(c3ccccc3)SCCS2)c1. The van der Waals surface area contributed by atoms with E-state index in [1.54, 1.807) is 14.2 Å². The van der Waals surface area contributed by atoms with E-state index in [0.717, 1.165) is 23.0 Å². The highest BCUT2D eigenvalue weighted by molar-refractivity contribution is 8.20. The molecule has 2 aromatic carbocycles. The molecule has 0 saturated carbocycles. The monoisotopic (exact) mass is 318 g/mol. The molecule has 1 aliphatic rings. The lowest BCUT2D eigenvalue weighted by atomic mass is 10.0. The van der Waals surface area contributed by atoms with Gasteiger partial charge in [-0.1, -0.05) is 30.3 Å². The highest BCUT2D eigenvalue weighted by Crippen LogP contribution is 2.57. The fourth-order valence-corrected chi connectivity index (χ4v) is 5.82. The molecule has 0 atom stereocenters. The standard InChI is InChI=1S/C17H18O2S2/c1-18-15-10-14(11-16(12-15)19-2)17(20-8-9-21-17)13-6-4-3-5-7-13/h3-7,10-12H,8-9H2,1-2H3. The molecule has 0 N–H and O–H groups in total. The van der Waals surface area contributed by atoms with E-state index in [9.17, 15) is 0 Å². The molecule has 110 valence electrons. The molecule has 4 heteroatoms. The molecule has 0 spiro atoms. The van der Waals surface area contributed by atoms with Crippen molar-refractivity contribution in [1.29, 1.82) is 0 Å². The largest absolute Gasteiger partial charge is 0.497 e. The van der Waals surface area contributed by atoms with Gasteiger partial charge in [-0.3, -0.25) is 0 Å². The number of benzene rings is 2. The lowest BCUT2D eigenvalue weighted by Gasteiger charge is -2.29. The highest BCUT2D eigenvalue weighted by atomic mass is 32.2. The number of hydrogen-bond acceptors (Lipinski definition) is 4. The van der Waals surface area contributed by atoms with Gasteiger partial charge in [-0.25, -0.2) is 0 Å². The van der Waals surface area contributed by atoms with Crippen molar-refractivity contribution in [1.82, 2.24) is 0 Å². The van der Waals surface area contributed by atoms with Gasteiger partial charge in [-0.15, -0.1) is 23.5 Å². The van der Waals surface area contributed by atoms with Gasteiger partial charge in [0.1, 0.15) is 15.6 Å². The molecule has 0 amide bonds. The van der Waals surface area contributed by atoms with Crippen molar-refractivity contribution in [3.8, 4) is 11.5 Å². The van der Waals surface area contributed by atoms with Crippen LogP contribution in [0, 0.1) is 0 Å². The molecule has 1 fully saturated rings. The van der Waals surface area contributed by atoms with Gasteiger partial charge in [-0.05, 0) is 23.3 Å². The summed E-state index contributed by atoms with van der Waals surface area (Å²) in [5.74, 6) is 3.98. The first kappa shape index (κ1) is 14.7. The van der Waals surface area contributed by atoms with Crippen LogP contribution in [0.25, 0.3) is 0 Å². The molecule has 1 aliphatic heterocycles. The van der Waals surface area contributed by atoms with Crippen molar-refractivity contribution in [2.45, 2.75) is 4.08 Å². The van der Waals surface area contributed by atoms with Gasteiger partial charge >= 0.3 is 0 Å². The van der Waals surface area contributed by atoms with Crippen LogP contribution >= 0.6 is 23.5 Å². The summed E-state index contributed by atoms with van der Waals surface area (Å²) in [6.07, 6.45) is 0. The number of methoxy groups -OCH3 is 2. The molecule has 21 heavy (non-hydrogen) atoms. The van der Waals surface area contributed by atoms with Crippen molar-refractivity contribution in [3.63, 3.8) is 0 Å². The van der Waals surface area contributed by atoms with E-state index in [2.05, 4.69) is 42.5 Å². The summed E-state index contributed by atoms with van der Waals surface area (Å²) in [6, 6.07) is 16.9. The third kappa shape index (κ3) is 2.74. The van der Waals surface area contributed by atoms with Crippen LogP contribution in [0.15, 0.2) is 48.5 Å². The predicted molar refractivity (Wildman–Crippen MR) is 91.7 cm³/mol. The number of thioether (sulfide) groups is 2. The Balaban J connectivity index is 2.14. The first-order valence-electron chi connectivity index (χ1n) is 6.85. The van der Waals surface area contributed by atoms with Crippen LogP contribution in [0.5, 0.6) is 11.5 Å². The Morgan fingerprint density at radius 1 is 0.810 bits per heavy atom. The molecule has 2 aromatic rings. The second kappa shape index (κ2) is 6.24. The van der Waals surface area contributed by atoms with Gasteiger partial charge in [0.2, 0.25) is 0 Å². The zero-order valence-electron chi connectivity index (χ0n) is 12.2. The third-order valence-corrected chi connectivity index (χ3v) is 7.12. The van der Waals surface area contributed by atoms with Crippen molar-refractivity contribution in [2.24, 2.45) is 0 Å². The molecule has 1 saturated heterocycles. The number of rotatable bonds is 4. The lowest BCUT2D eigenvalue weighted by Crippen LogP contribution is -2.16. The normalized spacial score (nSPS) is 16.7. The van der Waals surface area contributed by atoms with Crippen molar-refractivity contribution < 1.29 is 9.47 Å². The summed E-state index contributed by atoms with van der Waals surface area (Å²) >= 11 is 3.97. The van der Waals surface area contributed by atoms with Gasteiger partial charge in [-0.2, -0.15) is 0 Å². The van der Waals surface area contributed by atoms with Crippen LogP contribution < -0.4 is 9.47 Å². The molecule has 1 heterocycles. The van der Waals surface area contributed by atoms with E-state index in [1.807, 2.05) is 29.6 Å². The molecule has 0 aromatic heterocycles. The minimum Gasteiger partial charge on any atom is -0.497 e. The fourth-order valence-electron chi connectivity index (χ4n) is 2.57. The van der Waals surface area contributed by atoms with Crippen LogP contribution in [-0.4, -0.2) is 25.7 Å². The Labute approximate surface area is 134 Å². The van der Waals surface area contributed by atoms with E-state index in [1.165, 1.54) is 11.1 Å². The maximum atomic E-state index is 5.44. The van der Waals surface area contributed by atoms with Crippen LogP contribution in [-0.2, 0) is 4.08 Å². The summed E-state index contributed by atoms with van der Waals surface area (Å²) in [5.41, 5.74) is 2.56. The minimum atomic E-state index is -0.0664. The highest BCUT2D eigenvalue weighted by Gasteiger charge is 2.39. The Hall–Kier alpha value is -1.26. The molecular formula is C17H18O2S2. The molecule has 3 rings (SSSR count). The second-order valence-electron chi connectivity index (χ2n) is 4.78. The smallest absolute Gasteiger partial charge is 0.122 e. The third-order valence-electron chi connectivity index (χ3n) is 3.58. The van der Waals surface area contributed by atoms with Crippen LogP contribution in [0.2, 0.25) is 0 Å². The summed E-state index contributed by atoms with van der Waals surface area (Å²) in [5, 5.41) is 0. The van der Waals surface area contributed by atoms with Gasteiger partial charge in [0.25, 0.3) is 0 Å². The van der Waals surface area contributed by atoms with Crippen molar-refractivity contribution >= 4 is 23.5 Å². The van der Waals surface area contributed by atoms with E-state index < -0.39 is 0 Å². The summed E-state index contributed by atoms with van der Waals surface area (Å²) in [6.45, 7) is 0. The zero-order chi connectivity index (χ0) is 14.7. The summed E-state index contributed by atoms with van der Waals surface area (Å²) < 4.78 is 10.8. The van der Waals surface area contributed by atoms with Gasteiger partial charge in [0, 0.05) is 17.6 Å². The van der Waals surface area contributed by atoms with Crippen LogP contribution in [0.3, 0.4) is 0 Å². The predicted octanol–water partition coefficient (Wildman–Crippen LogP) is 4.38. The molecule has 0 radical (unpaired) electrons. The fraction of sp³-hybridized carbons (Fsp3) is 0.294. The average molecular weight is 318 g/mol. The van der Waals surface area contributed by atoms with Crippen molar-refractivity contribution in [3.05, 3.63) is 59.7 Å². The summed E-state index contributed by atoms with van der Waals surface area (Å²) in [7, 11) is 3.39. The van der Waals surface area contributed by atoms with Gasteiger partial charge in [0.05, 0.1) is 14.2 Å². The first-order valence-corrected chi connectivity index (χ1v) is 8.82. The van der Waals surface area contributed by atoms with Crippen molar-refractivity contribution in [2.75, 3.05) is 25.7 Å². The second-order valence-corrected chi connectivity index (χ2v) is 7.66. The van der Waals surface area contributed by atoms with E-state index in [-0.39, 0.29) is 4.08 Å². The van der Waals surface area contributed by atoms with E-state index in [4.69, 9.17) is 9.47 Å². The maximum absolute atomic E-state index is 5.44. The van der Waals surface area contributed by atoms with E-state index in [0.29, 0.717) is 0 Å². The quantitative estimate of drug-likeness (QED) is 0.832. The average Bonchev–Trinajstić information content (AvgIpc) is 3.06. The molecule has 0 unspecified atom stereocenters. The summed E-state index contributed by atoms with van der Waals surface area (Å²) in [4.78, 5) is 0. The lowest BCUT2D eigenvalue weighted by molar-refractivity contribution is 0.393. The van der Waals surface area contributed by atoms with Gasteiger partial charge in [0.15, 0.2) is 0 Å². The van der Waals surface area contributed by atoms with Gasteiger partial charge < -0.3 is 9.47 Å². The Bertz CT molecular complexity index is 585. The molecule has 0 aliphatic carbocycles. The minimum absolute atomic E-state index is 0.0664. The molecule has 2 nitrogen and oxygen atoms in total. The van der Waals surface area contributed by atoms with Crippen LogP contribution in [0.1, 0.15) is 11.1 Å². The number of hydrogen-bond donors (Lipinski definition) is 0. The van der Waals surface area contributed by atoms with E-state index >= 15 is 0 Å². The number of ether oxygens (including phenoxy) is 2. The van der Waals surface area contributed by atoms with Crippen LogP contribution in [0.4, 0.5) is 0 Å². The Morgan fingerprint density at radius 3 is 1.90 bits per heavy atom. The Kier molecular flexibility index (Phi) is 4.36. The first-order chi connectivity index (χ1) is 10.3. The topological polar surface area (TPSA) is 18.5 Å². The molecular weight excluding hydrogens is 300 g/mol. The Morgan fingerprint density at radius 2 is 1.38 bits per heavy atom. The zero-order valence-corrected chi connectivity index (χ0v) is 13.8.